The van der Waals surface area contributed by atoms with E-state index in [4.69, 9.17) is 0 Å². The topological polar surface area (TPSA) is 20.2 Å². The van der Waals surface area contributed by atoms with Gasteiger partial charge in [0.05, 0.1) is 0 Å². The Labute approximate surface area is 102 Å². The molecule has 0 atom stereocenters. The summed E-state index contributed by atoms with van der Waals surface area (Å²) >= 11 is 0. The van der Waals surface area contributed by atoms with Crippen LogP contribution in [-0.4, -0.2) is 5.11 Å². The van der Waals surface area contributed by atoms with E-state index in [1.54, 1.807) is 6.07 Å². The molecule has 0 unspecified atom stereocenters. The summed E-state index contributed by atoms with van der Waals surface area (Å²) in [6.45, 7) is 2.03. The van der Waals surface area contributed by atoms with Crippen molar-refractivity contribution in [3.63, 3.8) is 0 Å². The minimum atomic E-state index is 0.369. The second-order valence-corrected chi connectivity index (χ2v) is 4.15. The van der Waals surface area contributed by atoms with Crippen LogP contribution in [0.1, 0.15) is 16.7 Å². The maximum Gasteiger partial charge on any atom is 0.119 e. The lowest BCUT2D eigenvalue weighted by molar-refractivity contribution is 0.469. The van der Waals surface area contributed by atoms with Crippen molar-refractivity contribution in [1.82, 2.24) is 0 Å². The summed E-state index contributed by atoms with van der Waals surface area (Å²) < 4.78 is 0. The fourth-order valence-electron chi connectivity index (χ4n) is 1.76. The third-order valence-electron chi connectivity index (χ3n) is 2.68. The van der Waals surface area contributed by atoms with Crippen LogP contribution in [0.15, 0.2) is 54.6 Å². The molecule has 17 heavy (non-hydrogen) atoms. The Morgan fingerprint density at radius 2 is 1.82 bits per heavy atom. The number of aromatic hydroxyl groups is 1. The largest absolute Gasteiger partial charge is 0.508 e. The molecule has 1 heteroatoms. The van der Waals surface area contributed by atoms with Crippen molar-refractivity contribution in [3.05, 3.63) is 71.3 Å². The number of hydrogen-bond acceptors (Lipinski definition) is 1. The lowest BCUT2D eigenvalue weighted by Gasteiger charge is -2.02. The quantitative estimate of drug-likeness (QED) is 0.836. The molecule has 0 aliphatic rings. The van der Waals surface area contributed by atoms with E-state index in [2.05, 4.69) is 24.3 Å². The molecule has 0 heterocycles. The van der Waals surface area contributed by atoms with Crippen LogP contribution in [0, 0.1) is 6.92 Å². The molecule has 0 aliphatic heterocycles. The Morgan fingerprint density at radius 3 is 2.59 bits per heavy atom. The molecule has 0 saturated heterocycles. The van der Waals surface area contributed by atoms with Gasteiger partial charge < -0.3 is 5.11 Å². The number of hydrogen-bond donors (Lipinski definition) is 1. The number of benzene rings is 2. The molecule has 2 rings (SSSR count). The Hall–Kier alpha value is -2.02. The summed E-state index contributed by atoms with van der Waals surface area (Å²) in [5, 5.41) is 9.70. The number of allylic oxidation sites excluding steroid dienone is 1. The summed E-state index contributed by atoms with van der Waals surface area (Å²) in [6.07, 6.45) is 4.90. The fraction of sp³-hybridized carbons (Fsp3) is 0.125. The van der Waals surface area contributed by atoms with Crippen molar-refractivity contribution >= 4 is 6.08 Å². The highest BCUT2D eigenvalue weighted by Gasteiger charge is 1.98. The summed E-state index contributed by atoms with van der Waals surface area (Å²) in [4.78, 5) is 0. The first-order valence-corrected chi connectivity index (χ1v) is 5.76. The van der Waals surface area contributed by atoms with Gasteiger partial charge in [-0.1, -0.05) is 60.2 Å². The zero-order chi connectivity index (χ0) is 12.1. The molecule has 0 saturated carbocycles. The Morgan fingerprint density at radius 1 is 1.06 bits per heavy atom. The van der Waals surface area contributed by atoms with Crippen LogP contribution >= 0.6 is 0 Å². The molecule has 0 fully saturated rings. The monoisotopic (exact) mass is 224 g/mol. The zero-order valence-electron chi connectivity index (χ0n) is 9.93. The van der Waals surface area contributed by atoms with E-state index >= 15 is 0 Å². The average molecular weight is 224 g/mol. The summed E-state index contributed by atoms with van der Waals surface area (Å²) in [5.41, 5.74) is 3.32. The predicted molar refractivity (Wildman–Crippen MR) is 72.0 cm³/mol. The lowest BCUT2D eigenvalue weighted by atomic mass is 10.1. The second-order valence-electron chi connectivity index (χ2n) is 4.15. The Kier molecular flexibility index (Phi) is 3.61. The van der Waals surface area contributed by atoms with Gasteiger partial charge in [-0.15, -0.1) is 0 Å². The number of phenolic OH excluding ortho intramolecular Hbond substituents is 1. The summed E-state index contributed by atoms with van der Waals surface area (Å²) in [6, 6.07) is 15.8. The lowest BCUT2D eigenvalue weighted by Crippen LogP contribution is -1.84. The number of phenols is 1. The molecule has 2 aromatic carbocycles. The maximum atomic E-state index is 9.70. The van der Waals surface area contributed by atoms with Crippen LogP contribution in [-0.2, 0) is 6.42 Å². The van der Waals surface area contributed by atoms with Gasteiger partial charge in [0, 0.05) is 0 Å². The van der Waals surface area contributed by atoms with Gasteiger partial charge in [-0.2, -0.15) is 0 Å². The van der Waals surface area contributed by atoms with Crippen LogP contribution < -0.4 is 0 Å². The average Bonchev–Trinajstić information content (AvgIpc) is 2.35. The minimum Gasteiger partial charge on any atom is -0.508 e. The molecule has 1 nitrogen and oxygen atoms in total. The van der Waals surface area contributed by atoms with Crippen molar-refractivity contribution in [2.45, 2.75) is 13.3 Å². The summed E-state index contributed by atoms with van der Waals surface area (Å²) in [5.74, 6) is 0.369. The van der Waals surface area contributed by atoms with Gasteiger partial charge in [-0.25, -0.2) is 0 Å². The normalized spacial score (nSPS) is 10.9. The summed E-state index contributed by atoms with van der Waals surface area (Å²) in [7, 11) is 0. The smallest absolute Gasteiger partial charge is 0.119 e. The van der Waals surface area contributed by atoms with Crippen molar-refractivity contribution in [3.8, 4) is 5.75 Å². The van der Waals surface area contributed by atoms with Gasteiger partial charge in [-0.3, -0.25) is 0 Å². The van der Waals surface area contributed by atoms with Gasteiger partial charge in [0.2, 0.25) is 0 Å². The molecule has 0 amide bonds. The molecular formula is C16H16O. The van der Waals surface area contributed by atoms with Crippen molar-refractivity contribution in [2.24, 2.45) is 0 Å². The molecule has 0 radical (unpaired) electrons. The van der Waals surface area contributed by atoms with E-state index in [9.17, 15) is 5.11 Å². The van der Waals surface area contributed by atoms with Gasteiger partial charge in [0.1, 0.15) is 5.75 Å². The molecule has 0 bridgehead atoms. The zero-order valence-corrected chi connectivity index (χ0v) is 9.93. The van der Waals surface area contributed by atoms with E-state index in [0.29, 0.717) is 5.75 Å². The van der Waals surface area contributed by atoms with Crippen molar-refractivity contribution in [1.29, 1.82) is 0 Å². The third kappa shape index (κ3) is 3.22. The Bertz CT molecular complexity index is 512. The van der Waals surface area contributed by atoms with Crippen LogP contribution in [0.2, 0.25) is 0 Å². The third-order valence-corrected chi connectivity index (χ3v) is 2.68. The molecule has 2 aromatic rings. The molecule has 1 N–H and O–H groups in total. The fourth-order valence-corrected chi connectivity index (χ4v) is 1.76. The highest BCUT2D eigenvalue weighted by molar-refractivity contribution is 5.50. The van der Waals surface area contributed by atoms with Crippen LogP contribution in [0.3, 0.4) is 0 Å². The number of rotatable bonds is 3. The highest BCUT2D eigenvalue weighted by atomic mass is 16.3. The van der Waals surface area contributed by atoms with Gasteiger partial charge in [-0.05, 0) is 30.5 Å². The van der Waals surface area contributed by atoms with E-state index < -0.39 is 0 Å². The van der Waals surface area contributed by atoms with Crippen molar-refractivity contribution < 1.29 is 5.11 Å². The molecule has 0 aromatic heterocycles. The van der Waals surface area contributed by atoms with E-state index in [-0.39, 0.29) is 0 Å². The van der Waals surface area contributed by atoms with Gasteiger partial charge in [0.15, 0.2) is 0 Å². The Balaban J connectivity index is 2.07. The minimum absolute atomic E-state index is 0.369. The SMILES string of the molecule is Cc1ccc(O)c(C/C=C\c2ccccc2)c1. The first-order chi connectivity index (χ1) is 8.25. The van der Waals surface area contributed by atoms with Crippen LogP contribution in [0.25, 0.3) is 6.08 Å². The second kappa shape index (κ2) is 5.35. The standard InChI is InChI=1S/C16H16O/c1-13-10-11-16(17)15(12-13)9-5-8-14-6-3-2-4-7-14/h2-8,10-12,17H,9H2,1H3/b8-5-. The molecule has 86 valence electrons. The first kappa shape index (κ1) is 11.5. The highest BCUT2D eigenvalue weighted by Crippen LogP contribution is 2.19. The van der Waals surface area contributed by atoms with E-state index in [0.717, 1.165) is 12.0 Å². The number of aryl methyl sites for hydroxylation is 1. The van der Waals surface area contributed by atoms with Gasteiger partial charge in [0.25, 0.3) is 0 Å². The maximum absolute atomic E-state index is 9.70. The predicted octanol–water partition coefficient (Wildman–Crippen LogP) is 3.96. The molecule has 0 aliphatic carbocycles. The van der Waals surface area contributed by atoms with E-state index in [1.807, 2.05) is 37.3 Å². The van der Waals surface area contributed by atoms with E-state index in [1.165, 1.54) is 11.1 Å². The molecular weight excluding hydrogens is 208 g/mol. The van der Waals surface area contributed by atoms with Crippen molar-refractivity contribution in [2.75, 3.05) is 0 Å². The first-order valence-electron chi connectivity index (χ1n) is 5.76. The molecule has 0 spiro atoms. The van der Waals surface area contributed by atoms with Gasteiger partial charge >= 0.3 is 0 Å². The van der Waals surface area contributed by atoms with Crippen LogP contribution in [0.4, 0.5) is 0 Å². The van der Waals surface area contributed by atoms with Crippen LogP contribution in [0.5, 0.6) is 5.75 Å².